The van der Waals surface area contributed by atoms with Gasteiger partial charge in [-0.25, -0.2) is 0 Å². The minimum absolute atomic E-state index is 0.208. The summed E-state index contributed by atoms with van der Waals surface area (Å²) in [5.41, 5.74) is 4.04. The molecule has 1 N–H and O–H groups in total. The number of benzene rings is 1. The van der Waals surface area contributed by atoms with Crippen LogP contribution in [0.15, 0.2) is 35.0 Å². The van der Waals surface area contributed by atoms with Gasteiger partial charge in [-0.3, -0.25) is 9.48 Å². The molecule has 0 aliphatic carbocycles. The number of carbonyl (C=O) groups is 1. The van der Waals surface area contributed by atoms with Crippen molar-refractivity contribution in [1.82, 2.24) is 20.3 Å². The van der Waals surface area contributed by atoms with Crippen LogP contribution in [0.25, 0.3) is 0 Å². The first-order chi connectivity index (χ1) is 13.4. The second kappa shape index (κ2) is 8.29. The molecule has 0 radical (unpaired) electrons. The van der Waals surface area contributed by atoms with E-state index in [-0.39, 0.29) is 24.2 Å². The van der Waals surface area contributed by atoms with E-state index < -0.39 is 0 Å². The lowest BCUT2D eigenvalue weighted by Crippen LogP contribution is -2.29. The number of hydrogen-bond donors (Lipinski definition) is 1. The van der Waals surface area contributed by atoms with Crippen molar-refractivity contribution in [3.05, 3.63) is 64.3 Å². The number of hydrogen-bond acceptors (Lipinski definition) is 5. The van der Waals surface area contributed by atoms with Gasteiger partial charge in [-0.1, -0.05) is 22.9 Å². The standard InChI is InChI=1S/C21H26N4O3/c1-6-25-18(9-10-22-25)15(4)23-21(26)20-17(16(5)28-24-20)12-27-19-8-7-13(2)11-14(19)3/h7-11,15H,6,12H2,1-5H3,(H,23,26). The molecule has 7 heteroatoms. The topological polar surface area (TPSA) is 82.2 Å². The molecule has 1 unspecified atom stereocenters. The first-order valence-electron chi connectivity index (χ1n) is 9.38. The first kappa shape index (κ1) is 19.7. The van der Waals surface area contributed by atoms with E-state index in [1.807, 2.05) is 50.6 Å². The van der Waals surface area contributed by atoms with Crippen molar-refractivity contribution in [3.8, 4) is 5.75 Å². The van der Waals surface area contributed by atoms with Gasteiger partial charge in [-0.05, 0) is 52.3 Å². The molecule has 7 nitrogen and oxygen atoms in total. The van der Waals surface area contributed by atoms with Gasteiger partial charge < -0.3 is 14.6 Å². The fraction of sp³-hybridized carbons (Fsp3) is 0.381. The summed E-state index contributed by atoms with van der Waals surface area (Å²) in [5, 5.41) is 11.2. The molecule has 0 saturated carbocycles. The number of aryl methyl sites for hydroxylation is 4. The molecular formula is C21H26N4O3. The largest absolute Gasteiger partial charge is 0.488 e. The van der Waals surface area contributed by atoms with Gasteiger partial charge in [-0.15, -0.1) is 0 Å². The minimum Gasteiger partial charge on any atom is -0.488 e. The zero-order chi connectivity index (χ0) is 20.3. The van der Waals surface area contributed by atoms with Gasteiger partial charge in [-0.2, -0.15) is 5.10 Å². The Morgan fingerprint density at radius 3 is 2.79 bits per heavy atom. The Bertz CT molecular complexity index is 974. The highest BCUT2D eigenvalue weighted by molar-refractivity contribution is 5.94. The van der Waals surface area contributed by atoms with Crippen LogP contribution in [-0.4, -0.2) is 20.8 Å². The molecule has 0 aliphatic heterocycles. The summed E-state index contributed by atoms with van der Waals surface area (Å²) in [6.45, 7) is 10.7. The second-order valence-electron chi connectivity index (χ2n) is 6.89. The highest BCUT2D eigenvalue weighted by Gasteiger charge is 2.23. The number of rotatable bonds is 7. The zero-order valence-electron chi connectivity index (χ0n) is 16.9. The Morgan fingerprint density at radius 1 is 1.29 bits per heavy atom. The van der Waals surface area contributed by atoms with Crippen molar-refractivity contribution in [2.24, 2.45) is 0 Å². The first-order valence-corrected chi connectivity index (χ1v) is 9.38. The molecule has 1 amide bonds. The summed E-state index contributed by atoms with van der Waals surface area (Å²) in [4.78, 5) is 12.8. The van der Waals surface area contributed by atoms with E-state index >= 15 is 0 Å². The average molecular weight is 382 g/mol. The third-order valence-corrected chi connectivity index (χ3v) is 4.74. The number of nitrogens with zero attached hydrogens (tertiary/aromatic N) is 3. The lowest BCUT2D eigenvalue weighted by atomic mass is 10.1. The van der Waals surface area contributed by atoms with E-state index in [1.54, 1.807) is 13.1 Å². The minimum atomic E-state index is -0.299. The van der Waals surface area contributed by atoms with Crippen LogP contribution < -0.4 is 10.1 Å². The Balaban J connectivity index is 1.73. The van der Waals surface area contributed by atoms with Crippen molar-refractivity contribution in [2.45, 2.75) is 53.8 Å². The maximum absolute atomic E-state index is 12.8. The summed E-state index contributed by atoms with van der Waals surface area (Å²) in [6, 6.07) is 7.67. The maximum atomic E-state index is 12.8. The van der Waals surface area contributed by atoms with Gasteiger partial charge in [0.25, 0.3) is 5.91 Å². The van der Waals surface area contributed by atoms with Gasteiger partial charge in [0.05, 0.1) is 17.3 Å². The molecule has 0 fully saturated rings. The molecule has 0 spiro atoms. The van der Waals surface area contributed by atoms with E-state index in [2.05, 4.69) is 21.6 Å². The predicted octanol–water partition coefficient (Wildman–Crippen LogP) is 3.89. The smallest absolute Gasteiger partial charge is 0.274 e. The Labute approximate surface area is 164 Å². The van der Waals surface area contributed by atoms with Crippen LogP contribution in [0.2, 0.25) is 0 Å². The van der Waals surface area contributed by atoms with E-state index in [4.69, 9.17) is 9.26 Å². The molecule has 3 rings (SSSR count). The van der Waals surface area contributed by atoms with Gasteiger partial charge in [0, 0.05) is 12.7 Å². The highest BCUT2D eigenvalue weighted by Crippen LogP contribution is 2.22. The fourth-order valence-corrected chi connectivity index (χ4v) is 3.16. The Hall–Kier alpha value is -3.09. The summed E-state index contributed by atoms with van der Waals surface area (Å²) < 4.78 is 13.0. The van der Waals surface area contributed by atoms with Crippen LogP contribution >= 0.6 is 0 Å². The second-order valence-corrected chi connectivity index (χ2v) is 6.89. The van der Waals surface area contributed by atoms with Crippen LogP contribution in [0, 0.1) is 20.8 Å². The predicted molar refractivity (Wildman–Crippen MR) is 105 cm³/mol. The number of nitrogens with one attached hydrogen (secondary N) is 1. The molecule has 148 valence electrons. The zero-order valence-corrected chi connectivity index (χ0v) is 16.9. The number of ether oxygens (including phenoxy) is 1. The average Bonchev–Trinajstić information content (AvgIpc) is 3.27. The van der Waals surface area contributed by atoms with E-state index in [1.165, 1.54) is 5.56 Å². The quantitative estimate of drug-likeness (QED) is 0.670. The summed E-state index contributed by atoms with van der Waals surface area (Å²) in [5.74, 6) is 1.05. The SMILES string of the molecule is CCn1nccc1C(C)NC(=O)c1noc(C)c1COc1ccc(C)cc1C. The van der Waals surface area contributed by atoms with Crippen molar-refractivity contribution >= 4 is 5.91 Å². The Morgan fingerprint density at radius 2 is 2.07 bits per heavy atom. The summed E-state index contributed by atoms with van der Waals surface area (Å²) in [6.07, 6.45) is 1.73. The van der Waals surface area contributed by atoms with Crippen molar-refractivity contribution in [3.63, 3.8) is 0 Å². The highest BCUT2D eigenvalue weighted by atomic mass is 16.5. The van der Waals surface area contributed by atoms with Crippen LogP contribution in [0.1, 0.15) is 58.5 Å². The van der Waals surface area contributed by atoms with E-state index in [9.17, 15) is 4.79 Å². The van der Waals surface area contributed by atoms with Crippen molar-refractivity contribution in [2.75, 3.05) is 0 Å². The number of amides is 1. The monoisotopic (exact) mass is 382 g/mol. The van der Waals surface area contributed by atoms with Crippen molar-refractivity contribution < 1.29 is 14.1 Å². The molecule has 1 aromatic carbocycles. The Kier molecular flexibility index (Phi) is 5.82. The third kappa shape index (κ3) is 4.08. The third-order valence-electron chi connectivity index (χ3n) is 4.74. The molecule has 0 bridgehead atoms. The molecule has 3 aromatic rings. The van der Waals surface area contributed by atoms with E-state index in [0.717, 1.165) is 23.6 Å². The van der Waals surface area contributed by atoms with Gasteiger partial charge >= 0.3 is 0 Å². The normalized spacial score (nSPS) is 12.0. The van der Waals surface area contributed by atoms with E-state index in [0.29, 0.717) is 11.3 Å². The molecule has 2 heterocycles. The molecule has 28 heavy (non-hydrogen) atoms. The van der Waals surface area contributed by atoms with Gasteiger partial charge in [0.2, 0.25) is 0 Å². The van der Waals surface area contributed by atoms with Gasteiger partial charge in [0.1, 0.15) is 18.1 Å². The summed E-state index contributed by atoms with van der Waals surface area (Å²) >= 11 is 0. The van der Waals surface area contributed by atoms with Crippen LogP contribution in [-0.2, 0) is 13.2 Å². The van der Waals surface area contributed by atoms with Crippen molar-refractivity contribution in [1.29, 1.82) is 0 Å². The van der Waals surface area contributed by atoms with Crippen LogP contribution in [0.4, 0.5) is 0 Å². The molecule has 0 saturated heterocycles. The fourth-order valence-electron chi connectivity index (χ4n) is 3.16. The molecule has 1 atom stereocenters. The molecule has 0 aliphatic rings. The maximum Gasteiger partial charge on any atom is 0.274 e. The molecular weight excluding hydrogens is 356 g/mol. The number of carbonyl (C=O) groups excluding carboxylic acids is 1. The van der Waals surface area contributed by atoms with Gasteiger partial charge in [0.15, 0.2) is 5.69 Å². The lowest BCUT2D eigenvalue weighted by molar-refractivity contribution is 0.0927. The lowest BCUT2D eigenvalue weighted by Gasteiger charge is -2.15. The molecule has 2 aromatic heterocycles. The summed E-state index contributed by atoms with van der Waals surface area (Å²) in [7, 11) is 0. The van der Waals surface area contributed by atoms with Crippen LogP contribution in [0.3, 0.4) is 0 Å². The van der Waals surface area contributed by atoms with Crippen LogP contribution in [0.5, 0.6) is 5.75 Å². The number of aromatic nitrogens is 3.